The molecule has 1 aliphatic carbocycles. The van der Waals surface area contributed by atoms with Gasteiger partial charge in [0.15, 0.2) is 0 Å². The summed E-state index contributed by atoms with van der Waals surface area (Å²) in [6.07, 6.45) is 0.952. The Kier molecular flexibility index (Phi) is 2.52. The van der Waals surface area contributed by atoms with Crippen molar-refractivity contribution in [3.63, 3.8) is 0 Å². The zero-order valence-corrected chi connectivity index (χ0v) is 8.44. The van der Waals surface area contributed by atoms with Crippen LogP contribution in [0.25, 0.3) is 0 Å². The molecular formula is C8H13Cl2NO. The number of nitrogens with zero attached hydrogens (tertiary/aromatic N) is 1. The van der Waals surface area contributed by atoms with E-state index in [1.54, 1.807) is 0 Å². The summed E-state index contributed by atoms with van der Waals surface area (Å²) in [4.78, 5) is 2.38. The summed E-state index contributed by atoms with van der Waals surface area (Å²) in [5, 5.41) is 0. The first-order chi connectivity index (χ1) is 5.68. The van der Waals surface area contributed by atoms with Crippen LogP contribution in [0.15, 0.2) is 0 Å². The molecule has 1 atom stereocenters. The number of halogens is 2. The van der Waals surface area contributed by atoms with Crippen molar-refractivity contribution in [3.8, 4) is 0 Å². The third kappa shape index (κ3) is 2.05. The van der Waals surface area contributed by atoms with Crippen molar-refractivity contribution in [3.05, 3.63) is 0 Å². The molecule has 1 saturated carbocycles. The van der Waals surface area contributed by atoms with Gasteiger partial charge < -0.3 is 4.74 Å². The fraction of sp³-hybridized carbons (Fsp3) is 1.00. The van der Waals surface area contributed by atoms with Crippen LogP contribution in [0.3, 0.4) is 0 Å². The Bertz CT molecular complexity index is 168. The van der Waals surface area contributed by atoms with Crippen LogP contribution in [-0.2, 0) is 4.74 Å². The molecule has 0 aromatic heterocycles. The largest absolute Gasteiger partial charge is 0.379 e. The van der Waals surface area contributed by atoms with Gasteiger partial charge in [-0.05, 0) is 6.42 Å². The molecule has 1 aliphatic heterocycles. The molecule has 0 radical (unpaired) electrons. The predicted octanol–water partition coefficient (Wildman–Crippen LogP) is 1.51. The fourth-order valence-corrected chi connectivity index (χ4v) is 2.07. The fourth-order valence-electron chi connectivity index (χ4n) is 1.56. The van der Waals surface area contributed by atoms with Crippen LogP contribution < -0.4 is 0 Å². The van der Waals surface area contributed by atoms with Crippen LogP contribution in [0.4, 0.5) is 0 Å². The van der Waals surface area contributed by atoms with E-state index in [0.29, 0.717) is 5.92 Å². The van der Waals surface area contributed by atoms with Crippen LogP contribution in [0.1, 0.15) is 6.42 Å². The highest BCUT2D eigenvalue weighted by Crippen LogP contribution is 2.53. The third-order valence-corrected chi connectivity index (χ3v) is 3.46. The Morgan fingerprint density at radius 3 is 2.42 bits per heavy atom. The van der Waals surface area contributed by atoms with Crippen LogP contribution in [0.2, 0.25) is 0 Å². The minimum absolute atomic E-state index is 0.418. The van der Waals surface area contributed by atoms with E-state index in [1.165, 1.54) is 0 Å². The second-order valence-corrected chi connectivity index (χ2v) is 5.12. The van der Waals surface area contributed by atoms with Gasteiger partial charge in [0, 0.05) is 25.6 Å². The first-order valence-electron chi connectivity index (χ1n) is 4.36. The Labute approximate surface area is 82.8 Å². The van der Waals surface area contributed by atoms with Gasteiger partial charge in [0.25, 0.3) is 0 Å². The summed E-state index contributed by atoms with van der Waals surface area (Å²) in [7, 11) is 0. The van der Waals surface area contributed by atoms with Crippen molar-refractivity contribution in [1.29, 1.82) is 0 Å². The molecule has 0 N–H and O–H groups in total. The summed E-state index contributed by atoms with van der Waals surface area (Å²) in [6.45, 7) is 4.80. The highest BCUT2D eigenvalue weighted by atomic mass is 35.5. The number of hydrogen-bond acceptors (Lipinski definition) is 2. The smallest absolute Gasteiger partial charge is 0.122 e. The van der Waals surface area contributed by atoms with Gasteiger partial charge in [-0.3, -0.25) is 4.90 Å². The van der Waals surface area contributed by atoms with Crippen LogP contribution in [-0.4, -0.2) is 42.1 Å². The standard InChI is InChI=1S/C8H13Cl2NO/c9-8(10)5-7(8)6-11-1-3-12-4-2-11/h7H,1-6H2. The van der Waals surface area contributed by atoms with Crippen LogP contribution in [0, 0.1) is 5.92 Å². The summed E-state index contributed by atoms with van der Waals surface area (Å²) < 4.78 is 4.83. The van der Waals surface area contributed by atoms with E-state index < -0.39 is 4.33 Å². The lowest BCUT2D eigenvalue weighted by atomic mass is 10.3. The molecular weight excluding hydrogens is 197 g/mol. The summed E-state index contributed by atoms with van der Waals surface area (Å²) in [5.74, 6) is 0.485. The number of rotatable bonds is 2. The van der Waals surface area contributed by atoms with Crippen molar-refractivity contribution in [2.45, 2.75) is 10.8 Å². The summed E-state index contributed by atoms with van der Waals surface area (Å²) in [5.41, 5.74) is 0. The monoisotopic (exact) mass is 209 g/mol. The van der Waals surface area contributed by atoms with Gasteiger partial charge in [0.2, 0.25) is 0 Å². The van der Waals surface area contributed by atoms with Gasteiger partial charge in [0.1, 0.15) is 4.33 Å². The average molecular weight is 210 g/mol. The quantitative estimate of drug-likeness (QED) is 0.640. The Morgan fingerprint density at radius 1 is 1.33 bits per heavy atom. The van der Waals surface area contributed by atoms with Gasteiger partial charge in [-0.2, -0.15) is 0 Å². The normalized spacial score (nSPS) is 35.0. The molecule has 4 heteroatoms. The van der Waals surface area contributed by atoms with E-state index in [-0.39, 0.29) is 0 Å². The lowest BCUT2D eigenvalue weighted by molar-refractivity contribution is 0.0357. The maximum atomic E-state index is 5.93. The van der Waals surface area contributed by atoms with E-state index in [1.807, 2.05) is 0 Å². The molecule has 2 fully saturated rings. The minimum atomic E-state index is -0.418. The second kappa shape index (κ2) is 3.33. The van der Waals surface area contributed by atoms with Crippen molar-refractivity contribution in [2.24, 2.45) is 5.92 Å². The van der Waals surface area contributed by atoms with Crippen molar-refractivity contribution >= 4 is 23.2 Å². The van der Waals surface area contributed by atoms with E-state index in [2.05, 4.69) is 4.90 Å². The lowest BCUT2D eigenvalue weighted by Crippen LogP contribution is -2.38. The van der Waals surface area contributed by atoms with E-state index in [0.717, 1.165) is 39.3 Å². The molecule has 1 unspecified atom stereocenters. The molecule has 2 aliphatic rings. The van der Waals surface area contributed by atoms with Gasteiger partial charge in [-0.1, -0.05) is 0 Å². The second-order valence-electron chi connectivity index (χ2n) is 3.58. The SMILES string of the molecule is ClC1(Cl)CC1CN1CCOCC1. The molecule has 0 amide bonds. The van der Waals surface area contributed by atoms with Gasteiger partial charge in [-0.15, -0.1) is 23.2 Å². The summed E-state index contributed by atoms with van der Waals surface area (Å²) in [6, 6.07) is 0. The van der Waals surface area contributed by atoms with Crippen molar-refractivity contribution in [1.82, 2.24) is 4.90 Å². The molecule has 1 saturated heterocycles. The molecule has 0 spiro atoms. The molecule has 2 nitrogen and oxygen atoms in total. The Hall–Kier alpha value is 0.500. The molecule has 2 rings (SSSR count). The molecule has 0 aromatic rings. The number of hydrogen-bond donors (Lipinski definition) is 0. The molecule has 0 bridgehead atoms. The maximum Gasteiger partial charge on any atom is 0.122 e. The molecule has 12 heavy (non-hydrogen) atoms. The first-order valence-corrected chi connectivity index (χ1v) is 5.12. The first kappa shape index (κ1) is 9.07. The highest BCUT2D eigenvalue weighted by Gasteiger charge is 2.51. The number of alkyl halides is 2. The molecule has 70 valence electrons. The minimum Gasteiger partial charge on any atom is -0.379 e. The molecule has 0 aromatic carbocycles. The lowest BCUT2D eigenvalue weighted by Gasteiger charge is -2.26. The van der Waals surface area contributed by atoms with E-state index in [4.69, 9.17) is 27.9 Å². The topological polar surface area (TPSA) is 12.5 Å². The number of morpholine rings is 1. The maximum absolute atomic E-state index is 5.93. The van der Waals surface area contributed by atoms with E-state index in [9.17, 15) is 0 Å². The van der Waals surface area contributed by atoms with Crippen LogP contribution >= 0.6 is 23.2 Å². The van der Waals surface area contributed by atoms with Gasteiger partial charge in [0.05, 0.1) is 13.2 Å². The number of ether oxygens (including phenoxy) is 1. The Morgan fingerprint density at radius 2 is 1.92 bits per heavy atom. The summed E-state index contributed by atoms with van der Waals surface area (Å²) >= 11 is 11.9. The zero-order chi connectivity index (χ0) is 8.60. The molecule has 1 heterocycles. The predicted molar refractivity (Wildman–Crippen MR) is 49.8 cm³/mol. The Balaban J connectivity index is 1.73. The zero-order valence-electron chi connectivity index (χ0n) is 6.93. The van der Waals surface area contributed by atoms with Gasteiger partial charge >= 0.3 is 0 Å². The average Bonchev–Trinajstić information content (AvgIpc) is 2.61. The highest BCUT2D eigenvalue weighted by molar-refractivity contribution is 6.50. The van der Waals surface area contributed by atoms with Crippen LogP contribution in [0.5, 0.6) is 0 Å². The van der Waals surface area contributed by atoms with E-state index >= 15 is 0 Å². The van der Waals surface area contributed by atoms with Crippen molar-refractivity contribution in [2.75, 3.05) is 32.8 Å². The van der Waals surface area contributed by atoms with Gasteiger partial charge in [-0.25, -0.2) is 0 Å². The third-order valence-electron chi connectivity index (χ3n) is 2.54. The van der Waals surface area contributed by atoms with Crippen molar-refractivity contribution < 1.29 is 4.74 Å².